The summed E-state index contributed by atoms with van der Waals surface area (Å²) in [5.41, 5.74) is 2.45. The van der Waals surface area contributed by atoms with Gasteiger partial charge in [-0.15, -0.1) is 0 Å². The maximum atomic E-state index is 11.5. The Hall–Kier alpha value is -2.10. The molecule has 3 rings (SSSR count). The number of hydrogen-bond acceptors (Lipinski definition) is 4. The third-order valence-corrected chi connectivity index (χ3v) is 4.02. The number of Topliss-reactive ketones (excluding diaryl/α,β-unsaturated/α-hetero) is 1. The molecule has 0 saturated carbocycles. The van der Waals surface area contributed by atoms with Crippen LogP contribution in [0.2, 0.25) is 0 Å². The molecule has 0 unspecified atom stereocenters. The van der Waals surface area contributed by atoms with Gasteiger partial charge in [0.05, 0.1) is 12.0 Å². The van der Waals surface area contributed by atoms with Crippen LogP contribution in [0.1, 0.15) is 35.2 Å². The molecular weight excluding hydrogens is 242 g/mol. The molecule has 1 N–H and O–H groups in total. The number of hydrogen-bond donors (Lipinski definition) is 1. The highest BCUT2D eigenvalue weighted by Crippen LogP contribution is 2.44. The van der Waals surface area contributed by atoms with Crippen LogP contribution in [0.4, 0.5) is 5.69 Å². The monoisotopic (exact) mass is 256 g/mol. The van der Waals surface area contributed by atoms with Gasteiger partial charge in [-0.05, 0) is 43.0 Å². The summed E-state index contributed by atoms with van der Waals surface area (Å²) in [7, 11) is 0. The Kier molecular flexibility index (Phi) is 2.66. The van der Waals surface area contributed by atoms with E-state index in [2.05, 4.69) is 5.32 Å². The SMILES string of the molecule is CC(=O)c1ccc2c(c1)[C@H]1C=CC[C@@H]1[C@@H](C(=O)[O-])N2. The minimum absolute atomic E-state index is 0.0170. The molecule has 0 fully saturated rings. The lowest BCUT2D eigenvalue weighted by atomic mass is 9.79. The number of carboxylic acids is 1. The van der Waals surface area contributed by atoms with E-state index in [0.717, 1.165) is 17.7 Å². The zero-order valence-electron chi connectivity index (χ0n) is 10.6. The third-order valence-electron chi connectivity index (χ3n) is 4.02. The molecular formula is C15H14NO3-. The number of rotatable bonds is 2. The van der Waals surface area contributed by atoms with E-state index in [1.165, 1.54) is 6.92 Å². The number of benzene rings is 1. The quantitative estimate of drug-likeness (QED) is 0.635. The van der Waals surface area contributed by atoms with Crippen molar-refractivity contribution in [3.8, 4) is 0 Å². The fraction of sp³-hybridized carbons (Fsp3) is 0.333. The molecule has 0 bridgehead atoms. The number of carbonyl (C=O) groups excluding carboxylic acids is 2. The number of fused-ring (bicyclic) bond motifs is 3. The van der Waals surface area contributed by atoms with E-state index >= 15 is 0 Å². The van der Waals surface area contributed by atoms with Crippen LogP contribution >= 0.6 is 0 Å². The number of ketones is 1. The summed E-state index contributed by atoms with van der Waals surface area (Å²) in [5.74, 6) is -1.03. The highest BCUT2D eigenvalue weighted by Gasteiger charge is 2.37. The first-order chi connectivity index (χ1) is 9.08. The molecule has 19 heavy (non-hydrogen) atoms. The van der Waals surface area contributed by atoms with Gasteiger partial charge in [0.25, 0.3) is 0 Å². The molecule has 0 radical (unpaired) electrons. The predicted octanol–water partition coefficient (Wildman–Crippen LogP) is 1.09. The first-order valence-electron chi connectivity index (χ1n) is 6.37. The molecule has 0 amide bonds. The predicted molar refractivity (Wildman–Crippen MR) is 68.9 cm³/mol. The maximum absolute atomic E-state index is 11.5. The van der Waals surface area contributed by atoms with Crippen molar-refractivity contribution in [2.24, 2.45) is 5.92 Å². The van der Waals surface area contributed by atoms with Crippen molar-refractivity contribution >= 4 is 17.4 Å². The van der Waals surface area contributed by atoms with Gasteiger partial charge in [0.2, 0.25) is 0 Å². The summed E-state index contributed by atoms with van der Waals surface area (Å²) in [6, 6.07) is 4.70. The van der Waals surface area contributed by atoms with Gasteiger partial charge < -0.3 is 15.2 Å². The lowest BCUT2D eigenvalue weighted by Gasteiger charge is -2.37. The van der Waals surface area contributed by atoms with Crippen molar-refractivity contribution in [1.29, 1.82) is 0 Å². The number of nitrogens with one attached hydrogen (secondary N) is 1. The molecule has 0 saturated heterocycles. The number of carbonyl (C=O) groups is 2. The Morgan fingerprint density at radius 3 is 2.84 bits per heavy atom. The van der Waals surface area contributed by atoms with E-state index in [9.17, 15) is 14.7 Å². The molecule has 1 aromatic rings. The Bertz CT molecular complexity index is 591. The standard InChI is InChI=1S/C15H15NO3/c1-8(17)9-5-6-13-12(7-9)10-3-2-4-11(10)14(16-13)15(18)19/h2-3,5-7,10-11,14,16H,4H2,1H3,(H,18,19)/p-1/t10-,11-,14-/m0/s1. The lowest BCUT2D eigenvalue weighted by Crippen LogP contribution is -2.48. The van der Waals surface area contributed by atoms with Crippen LogP contribution in [-0.2, 0) is 4.79 Å². The second kappa shape index (κ2) is 4.23. The highest BCUT2D eigenvalue weighted by atomic mass is 16.4. The van der Waals surface area contributed by atoms with Gasteiger partial charge >= 0.3 is 0 Å². The van der Waals surface area contributed by atoms with E-state index in [1.807, 2.05) is 18.2 Å². The van der Waals surface area contributed by atoms with Crippen LogP contribution in [0.3, 0.4) is 0 Å². The number of carboxylic acid groups (broad SMARTS) is 1. The summed E-state index contributed by atoms with van der Waals surface area (Å²) in [6.07, 6.45) is 4.76. The fourth-order valence-corrected chi connectivity index (χ4v) is 3.05. The smallest absolute Gasteiger partial charge is 0.159 e. The Morgan fingerprint density at radius 2 is 2.16 bits per heavy atom. The van der Waals surface area contributed by atoms with Crippen LogP contribution in [0.15, 0.2) is 30.4 Å². The van der Waals surface area contributed by atoms with Crippen molar-refractivity contribution in [1.82, 2.24) is 0 Å². The topological polar surface area (TPSA) is 69.2 Å². The molecule has 1 aromatic carbocycles. The molecule has 3 atom stereocenters. The zero-order valence-corrected chi connectivity index (χ0v) is 10.6. The molecule has 2 aliphatic rings. The van der Waals surface area contributed by atoms with Gasteiger partial charge in [-0.25, -0.2) is 0 Å². The van der Waals surface area contributed by atoms with Crippen molar-refractivity contribution in [3.63, 3.8) is 0 Å². The van der Waals surface area contributed by atoms with E-state index in [0.29, 0.717) is 5.56 Å². The van der Waals surface area contributed by atoms with Crippen LogP contribution in [-0.4, -0.2) is 17.8 Å². The fourth-order valence-electron chi connectivity index (χ4n) is 3.05. The van der Waals surface area contributed by atoms with Crippen molar-refractivity contribution in [2.75, 3.05) is 5.32 Å². The van der Waals surface area contributed by atoms with Gasteiger partial charge in [0.1, 0.15) is 0 Å². The molecule has 0 spiro atoms. The Morgan fingerprint density at radius 1 is 1.37 bits per heavy atom. The molecule has 98 valence electrons. The van der Waals surface area contributed by atoms with E-state index in [-0.39, 0.29) is 17.6 Å². The second-order valence-corrected chi connectivity index (χ2v) is 5.15. The molecule has 0 aromatic heterocycles. The number of aliphatic carboxylic acids is 1. The average Bonchev–Trinajstić information content (AvgIpc) is 2.86. The first kappa shape index (κ1) is 12.0. The van der Waals surface area contributed by atoms with E-state index < -0.39 is 12.0 Å². The summed E-state index contributed by atoms with van der Waals surface area (Å²) >= 11 is 0. The summed E-state index contributed by atoms with van der Waals surface area (Å²) in [4.78, 5) is 22.7. The summed E-state index contributed by atoms with van der Waals surface area (Å²) in [6.45, 7) is 1.53. The van der Waals surface area contributed by atoms with Gasteiger partial charge in [-0.2, -0.15) is 0 Å². The zero-order chi connectivity index (χ0) is 13.6. The maximum Gasteiger partial charge on any atom is 0.159 e. The van der Waals surface area contributed by atoms with Crippen LogP contribution < -0.4 is 10.4 Å². The van der Waals surface area contributed by atoms with Crippen LogP contribution in [0.25, 0.3) is 0 Å². The van der Waals surface area contributed by atoms with Crippen molar-refractivity contribution in [2.45, 2.75) is 25.3 Å². The lowest BCUT2D eigenvalue weighted by molar-refractivity contribution is -0.308. The van der Waals surface area contributed by atoms with E-state index in [1.54, 1.807) is 12.1 Å². The highest BCUT2D eigenvalue weighted by molar-refractivity contribution is 5.95. The van der Waals surface area contributed by atoms with Crippen LogP contribution in [0, 0.1) is 5.92 Å². The van der Waals surface area contributed by atoms with Gasteiger partial charge in [0.15, 0.2) is 5.78 Å². The number of allylic oxidation sites excluding steroid dienone is 2. The Labute approximate surface area is 111 Å². The van der Waals surface area contributed by atoms with Gasteiger partial charge in [-0.1, -0.05) is 12.2 Å². The molecule has 1 aliphatic heterocycles. The average molecular weight is 256 g/mol. The minimum Gasteiger partial charge on any atom is -0.548 e. The van der Waals surface area contributed by atoms with Crippen molar-refractivity contribution < 1.29 is 14.7 Å². The van der Waals surface area contributed by atoms with Gasteiger partial charge in [0, 0.05) is 17.2 Å². The number of anilines is 1. The molecule has 4 heteroatoms. The molecule has 4 nitrogen and oxygen atoms in total. The third kappa shape index (κ3) is 1.84. The second-order valence-electron chi connectivity index (χ2n) is 5.15. The Balaban J connectivity index is 2.08. The summed E-state index contributed by atoms with van der Waals surface area (Å²) < 4.78 is 0. The normalized spacial score (nSPS) is 27.3. The van der Waals surface area contributed by atoms with E-state index in [4.69, 9.17) is 0 Å². The van der Waals surface area contributed by atoms with Crippen molar-refractivity contribution in [3.05, 3.63) is 41.5 Å². The minimum atomic E-state index is -1.07. The molecule has 1 heterocycles. The van der Waals surface area contributed by atoms with Gasteiger partial charge in [-0.3, -0.25) is 4.79 Å². The summed E-state index contributed by atoms with van der Waals surface area (Å²) in [5, 5.41) is 14.2. The molecule has 1 aliphatic carbocycles. The largest absolute Gasteiger partial charge is 0.548 e. The van der Waals surface area contributed by atoms with Crippen LogP contribution in [0.5, 0.6) is 0 Å². The first-order valence-corrected chi connectivity index (χ1v) is 6.37.